The zero-order valence-corrected chi connectivity index (χ0v) is 12.1. The highest BCUT2D eigenvalue weighted by Gasteiger charge is 2.10. The summed E-state index contributed by atoms with van der Waals surface area (Å²) < 4.78 is 0. The summed E-state index contributed by atoms with van der Waals surface area (Å²) >= 11 is 0. The van der Waals surface area contributed by atoms with Crippen molar-refractivity contribution in [3.05, 3.63) is 58.7 Å². The van der Waals surface area contributed by atoms with E-state index >= 15 is 0 Å². The van der Waals surface area contributed by atoms with Crippen LogP contribution < -0.4 is 5.32 Å². The molecule has 0 saturated carbocycles. The molecule has 1 unspecified atom stereocenters. The Morgan fingerprint density at radius 1 is 1.10 bits per heavy atom. The first-order valence-corrected chi connectivity index (χ1v) is 6.79. The molecule has 106 valence electrons. The average molecular weight is 271 g/mol. The fraction of sp³-hybridized carbons (Fsp3) is 0.294. The molecule has 2 aromatic rings. The number of phenolic OH excluding ortho intramolecular Hbond substituents is 2. The Kier molecular flexibility index (Phi) is 4.30. The average Bonchev–Trinajstić information content (AvgIpc) is 2.43. The van der Waals surface area contributed by atoms with Crippen LogP contribution in [-0.4, -0.2) is 10.2 Å². The minimum atomic E-state index is -0.0799. The summed E-state index contributed by atoms with van der Waals surface area (Å²) in [6.45, 7) is 6.78. The van der Waals surface area contributed by atoms with E-state index in [1.54, 1.807) is 12.1 Å². The molecule has 0 amide bonds. The fourth-order valence-electron chi connectivity index (χ4n) is 2.32. The second-order valence-electron chi connectivity index (χ2n) is 5.25. The molecule has 0 spiro atoms. The third kappa shape index (κ3) is 3.11. The lowest BCUT2D eigenvalue weighted by Gasteiger charge is -2.18. The lowest BCUT2D eigenvalue weighted by Crippen LogP contribution is -2.19. The summed E-state index contributed by atoms with van der Waals surface area (Å²) in [7, 11) is 0. The summed E-state index contributed by atoms with van der Waals surface area (Å²) in [6.07, 6.45) is 0. The summed E-state index contributed by atoms with van der Waals surface area (Å²) in [4.78, 5) is 0. The van der Waals surface area contributed by atoms with Crippen LogP contribution >= 0.6 is 0 Å². The molecular formula is C17H21NO2. The van der Waals surface area contributed by atoms with Crippen molar-refractivity contribution in [2.45, 2.75) is 33.4 Å². The molecule has 20 heavy (non-hydrogen) atoms. The standard InChI is InChI=1S/C17H21NO2/c1-11-7-8-12(2)15(9-11)13(3)18-10-14-5-4-6-16(19)17(14)20/h4-9,13,18-20H,10H2,1-3H3. The molecule has 0 bridgehead atoms. The quantitative estimate of drug-likeness (QED) is 0.745. The molecule has 3 nitrogen and oxygen atoms in total. The van der Waals surface area contributed by atoms with Gasteiger partial charge in [-0.3, -0.25) is 0 Å². The number of phenols is 2. The van der Waals surface area contributed by atoms with Gasteiger partial charge in [-0.05, 0) is 38.0 Å². The first-order chi connectivity index (χ1) is 9.49. The molecule has 0 saturated heterocycles. The Balaban J connectivity index is 2.10. The molecule has 0 radical (unpaired) electrons. The van der Waals surface area contributed by atoms with Crippen LogP contribution in [0.15, 0.2) is 36.4 Å². The van der Waals surface area contributed by atoms with E-state index < -0.39 is 0 Å². The van der Waals surface area contributed by atoms with Crippen molar-refractivity contribution in [1.82, 2.24) is 5.32 Å². The third-order valence-electron chi connectivity index (χ3n) is 3.60. The van der Waals surface area contributed by atoms with E-state index in [0.717, 1.165) is 0 Å². The Hall–Kier alpha value is -2.00. The van der Waals surface area contributed by atoms with Crippen LogP contribution in [0.4, 0.5) is 0 Å². The molecule has 0 heterocycles. The van der Waals surface area contributed by atoms with Crippen LogP contribution in [0.25, 0.3) is 0 Å². The largest absolute Gasteiger partial charge is 0.504 e. The van der Waals surface area contributed by atoms with Crippen LogP contribution in [0.1, 0.15) is 35.2 Å². The smallest absolute Gasteiger partial charge is 0.161 e. The van der Waals surface area contributed by atoms with Crippen molar-refractivity contribution in [3.63, 3.8) is 0 Å². The van der Waals surface area contributed by atoms with Crippen molar-refractivity contribution in [2.75, 3.05) is 0 Å². The second-order valence-corrected chi connectivity index (χ2v) is 5.25. The number of rotatable bonds is 4. The van der Waals surface area contributed by atoms with Crippen molar-refractivity contribution < 1.29 is 10.2 Å². The van der Waals surface area contributed by atoms with Gasteiger partial charge in [-0.25, -0.2) is 0 Å². The summed E-state index contributed by atoms with van der Waals surface area (Å²) in [6, 6.07) is 11.6. The number of para-hydroxylation sites is 1. The van der Waals surface area contributed by atoms with Gasteiger partial charge >= 0.3 is 0 Å². The molecule has 3 N–H and O–H groups in total. The molecule has 1 atom stereocenters. The Morgan fingerprint density at radius 3 is 2.60 bits per heavy atom. The second kappa shape index (κ2) is 5.97. The summed E-state index contributed by atoms with van der Waals surface area (Å²) in [5.41, 5.74) is 4.43. The molecule has 0 fully saturated rings. The topological polar surface area (TPSA) is 52.5 Å². The first kappa shape index (κ1) is 14.4. The maximum Gasteiger partial charge on any atom is 0.161 e. The minimum absolute atomic E-state index is 0.0480. The summed E-state index contributed by atoms with van der Waals surface area (Å²) in [5, 5.41) is 22.7. The number of hydrogen-bond acceptors (Lipinski definition) is 3. The van der Waals surface area contributed by atoms with E-state index in [0.29, 0.717) is 12.1 Å². The first-order valence-electron chi connectivity index (χ1n) is 6.79. The van der Waals surface area contributed by atoms with Crippen molar-refractivity contribution >= 4 is 0 Å². The van der Waals surface area contributed by atoms with Gasteiger partial charge in [-0.2, -0.15) is 0 Å². The van der Waals surface area contributed by atoms with E-state index in [2.05, 4.69) is 44.3 Å². The monoisotopic (exact) mass is 271 g/mol. The van der Waals surface area contributed by atoms with Gasteiger partial charge in [0, 0.05) is 18.2 Å². The van der Waals surface area contributed by atoms with Crippen LogP contribution in [-0.2, 0) is 6.54 Å². The van der Waals surface area contributed by atoms with Crippen LogP contribution in [0.5, 0.6) is 11.5 Å². The molecule has 0 aromatic heterocycles. The molecule has 0 aliphatic rings. The van der Waals surface area contributed by atoms with Gasteiger partial charge in [-0.15, -0.1) is 0 Å². The maximum atomic E-state index is 9.79. The van der Waals surface area contributed by atoms with Crippen LogP contribution in [0, 0.1) is 13.8 Å². The van der Waals surface area contributed by atoms with Gasteiger partial charge < -0.3 is 15.5 Å². The van der Waals surface area contributed by atoms with Crippen molar-refractivity contribution in [1.29, 1.82) is 0 Å². The molecule has 0 aliphatic carbocycles. The van der Waals surface area contributed by atoms with Gasteiger partial charge in [0.05, 0.1) is 0 Å². The van der Waals surface area contributed by atoms with E-state index in [9.17, 15) is 10.2 Å². The minimum Gasteiger partial charge on any atom is -0.504 e. The Bertz CT molecular complexity index is 608. The molecule has 2 aromatic carbocycles. The number of benzene rings is 2. The highest BCUT2D eigenvalue weighted by molar-refractivity contribution is 5.44. The van der Waals surface area contributed by atoms with E-state index in [1.165, 1.54) is 22.8 Å². The van der Waals surface area contributed by atoms with E-state index in [1.807, 2.05) is 0 Å². The van der Waals surface area contributed by atoms with Gasteiger partial charge in [-0.1, -0.05) is 35.9 Å². The number of hydrogen-bond donors (Lipinski definition) is 3. The molecular weight excluding hydrogens is 250 g/mol. The predicted molar refractivity (Wildman–Crippen MR) is 80.9 cm³/mol. The predicted octanol–water partition coefficient (Wildman–Crippen LogP) is 3.57. The van der Waals surface area contributed by atoms with Gasteiger partial charge in [0.1, 0.15) is 0 Å². The van der Waals surface area contributed by atoms with Crippen LogP contribution in [0.2, 0.25) is 0 Å². The normalized spacial score (nSPS) is 12.3. The van der Waals surface area contributed by atoms with Gasteiger partial charge in [0.15, 0.2) is 11.5 Å². The molecule has 3 heteroatoms. The van der Waals surface area contributed by atoms with E-state index in [4.69, 9.17) is 0 Å². The van der Waals surface area contributed by atoms with E-state index in [-0.39, 0.29) is 17.5 Å². The summed E-state index contributed by atoms with van der Waals surface area (Å²) in [5.74, 6) is -0.128. The number of nitrogens with one attached hydrogen (secondary N) is 1. The zero-order chi connectivity index (χ0) is 14.7. The lowest BCUT2D eigenvalue weighted by atomic mass is 10.00. The molecule has 2 rings (SSSR count). The fourth-order valence-corrected chi connectivity index (χ4v) is 2.32. The lowest BCUT2D eigenvalue weighted by molar-refractivity contribution is 0.396. The van der Waals surface area contributed by atoms with Crippen molar-refractivity contribution in [3.8, 4) is 11.5 Å². The zero-order valence-electron chi connectivity index (χ0n) is 12.1. The molecule has 0 aliphatic heterocycles. The van der Waals surface area contributed by atoms with Crippen molar-refractivity contribution in [2.24, 2.45) is 0 Å². The highest BCUT2D eigenvalue weighted by atomic mass is 16.3. The Morgan fingerprint density at radius 2 is 1.85 bits per heavy atom. The van der Waals surface area contributed by atoms with Crippen LogP contribution in [0.3, 0.4) is 0 Å². The maximum absolute atomic E-state index is 9.79. The van der Waals surface area contributed by atoms with Gasteiger partial charge in [0.2, 0.25) is 0 Å². The Labute approximate surface area is 119 Å². The SMILES string of the molecule is Cc1ccc(C)c(C(C)NCc2cccc(O)c2O)c1. The third-order valence-corrected chi connectivity index (χ3v) is 3.60. The number of aryl methyl sites for hydroxylation is 2. The van der Waals surface area contributed by atoms with Gasteiger partial charge in [0.25, 0.3) is 0 Å². The number of aromatic hydroxyl groups is 2. The highest BCUT2D eigenvalue weighted by Crippen LogP contribution is 2.28.